The van der Waals surface area contributed by atoms with Gasteiger partial charge < -0.3 is 5.73 Å². The van der Waals surface area contributed by atoms with E-state index in [1.807, 2.05) is 13.1 Å². The summed E-state index contributed by atoms with van der Waals surface area (Å²) in [5.74, 6) is 0. The van der Waals surface area contributed by atoms with Crippen molar-refractivity contribution in [2.45, 2.75) is 47.1 Å². The molecule has 100 valence electrons. The molecule has 2 heterocycles. The predicted molar refractivity (Wildman–Crippen MR) is 76.4 cm³/mol. The number of nitrogens with two attached hydrogens (primary N) is 1. The fraction of sp³-hybridized carbons (Fsp3) is 0.667. The average Bonchev–Trinajstić information content (AvgIpc) is 2.32. The van der Waals surface area contributed by atoms with Gasteiger partial charge in [0.2, 0.25) is 0 Å². The Morgan fingerprint density at radius 2 is 1.89 bits per heavy atom. The molecule has 0 radical (unpaired) electrons. The molecule has 1 aliphatic heterocycles. The van der Waals surface area contributed by atoms with Crippen LogP contribution in [0.2, 0.25) is 0 Å². The zero-order chi connectivity index (χ0) is 13.3. The topological polar surface area (TPSA) is 42.2 Å². The van der Waals surface area contributed by atoms with Gasteiger partial charge in [-0.25, -0.2) is 0 Å². The van der Waals surface area contributed by atoms with Crippen LogP contribution < -0.4 is 5.73 Å². The Morgan fingerprint density at radius 1 is 1.28 bits per heavy atom. The highest BCUT2D eigenvalue weighted by Gasteiger charge is 2.25. The highest BCUT2D eigenvalue weighted by molar-refractivity contribution is 5.53. The molecule has 0 saturated carbocycles. The fourth-order valence-corrected chi connectivity index (χ4v) is 2.48. The van der Waals surface area contributed by atoms with Crippen LogP contribution in [0.1, 0.15) is 43.5 Å². The summed E-state index contributed by atoms with van der Waals surface area (Å²) in [5, 5.41) is 0. The quantitative estimate of drug-likeness (QED) is 0.873. The molecule has 3 nitrogen and oxygen atoms in total. The first-order valence-corrected chi connectivity index (χ1v) is 6.82. The van der Waals surface area contributed by atoms with Crippen molar-refractivity contribution in [3.05, 3.63) is 23.0 Å². The number of hydrogen-bond acceptors (Lipinski definition) is 3. The molecule has 3 heteroatoms. The summed E-state index contributed by atoms with van der Waals surface area (Å²) in [6, 6.07) is 0. The molecule has 18 heavy (non-hydrogen) atoms. The average molecular weight is 247 g/mol. The van der Waals surface area contributed by atoms with E-state index in [4.69, 9.17) is 5.73 Å². The van der Waals surface area contributed by atoms with Crippen LogP contribution in [-0.2, 0) is 6.54 Å². The van der Waals surface area contributed by atoms with E-state index in [2.05, 4.69) is 30.7 Å². The number of nitrogen functional groups attached to an aromatic ring is 1. The maximum atomic E-state index is 6.07. The Balaban J connectivity index is 2.05. The van der Waals surface area contributed by atoms with E-state index in [9.17, 15) is 0 Å². The lowest BCUT2D eigenvalue weighted by Gasteiger charge is -2.36. The van der Waals surface area contributed by atoms with Crippen LogP contribution in [0, 0.1) is 19.3 Å². The Bertz CT molecular complexity index is 428. The second-order valence-corrected chi connectivity index (χ2v) is 6.37. The molecule has 1 saturated heterocycles. The van der Waals surface area contributed by atoms with Crippen molar-refractivity contribution in [2.24, 2.45) is 5.41 Å². The van der Waals surface area contributed by atoms with Gasteiger partial charge in [0.25, 0.3) is 0 Å². The van der Waals surface area contributed by atoms with Crippen molar-refractivity contribution in [1.29, 1.82) is 0 Å². The van der Waals surface area contributed by atoms with E-state index in [1.165, 1.54) is 25.9 Å². The third-order valence-electron chi connectivity index (χ3n) is 4.26. The second kappa shape index (κ2) is 4.88. The van der Waals surface area contributed by atoms with Crippen LogP contribution in [0.5, 0.6) is 0 Å². The minimum atomic E-state index is 0.505. The van der Waals surface area contributed by atoms with Crippen LogP contribution in [0.25, 0.3) is 0 Å². The third-order valence-corrected chi connectivity index (χ3v) is 4.26. The highest BCUT2D eigenvalue weighted by Crippen LogP contribution is 2.30. The first-order valence-electron chi connectivity index (χ1n) is 6.82. The summed E-state index contributed by atoms with van der Waals surface area (Å²) < 4.78 is 0. The molecule has 0 spiro atoms. The van der Waals surface area contributed by atoms with Crippen LogP contribution in [-0.4, -0.2) is 23.0 Å². The summed E-state index contributed by atoms with van der Waals surface area (Å²) in [6.07, 6.45) is 4.44. The van der Waals surface area contributed by atoms with Gasteiger partial charge in [0.05, 0.1) is 5.69 Å². The lowest BCUT2D eigenvalue weighted by atomic mass is 9.82. The van der Waals surface area contributed by atoms with Crippen LogP contribution >= 0.6 is 0 Å². The standard InChI is InChI=1S/C15H25N3/c1-11-9-17-13(12(2)14(11)16)10-18-7-5-15(3,4)6-8-18/h9H,5-8,10H2,1-4H3,(H2,16,17). The van der Waals surface area contributed by atoms with Gasteiger partial charge in [-0.1, -0.05) is 13.8 Å². The van der Waals surface area contributed by atoms with Gasteiger partial charge in [-0.2, -0.15) is 0 Å². The molecule has 2 N–H and O–H groups in total. The highest BCUT2D eigenvalue weighted by atomic mass is 15.1. The number of rotatable bonds is 2. The van der Waals surface area contributed by atoms with Crippen molar-refractivity contribution in [3.8, 4) is 0 Å². The number of piperidine rings is 1. The number of hydrogen-bond donors (Lipinski definition) is 1. The van der Waals surface area contributed by atoms with E-state index in [-0.39, 0.29) is 0 Å². The van der Waals surface area contributed by atoms with Crippen molar-refractivity contribution in [1.82, 2.24) is 9.88 Å². The predicted octanol–water partition coefficient (Wildman–Crippen LogP) is 2.90. The monoisotopic (exact) mass is 247 g/mol. The Labute approximate surface area is 110 Å². The number of anilines is 1. The van der Waals surface area contributed by atoms with Crippen LogP contribution in [0.15, 0.2) is 6.20 Å². The molecule has 1 fully saturated rings. The Kier molecular flexibility index (Phi) is 3.62. The van der Waals surface area contributed by atoms with Gasteiger partial charge in [0.15, 0.2) is 0 Å². The number of nitrogens with zero attached hydrogens (tertiary/aromatic N) is 2. The summed E-state index contributed by atoms with van der Waals surface area (Å²) in [7, 11) is 0. The minimum absolute atomic E-state index is 0.505. The molecule has 1 aromatic heterocycles. The van der Waals surface area contributed by atoms with Crippen LogP contribution in [0.4, 0.5) is 5.69 Å². The molecular formula is C15H25N3. The first-order chi connectivity index (χ1) is 8.39. The second-order valence-electron chi connectivity index (χ2n) is 6.37. The maximum absolute atomic E-state index is 6.07. The van der Waals surface area contributed by atoms with Gasteiger partial charge in [0, 0.05) is 18.4 Å². The Morgan fingerprint density at radius 3 is 2.50 bits per heavy atom. The number of likely N-dealkylation sites (tertiary alicyclic amines) is 1. The fourth-order valence-electron chi connectivity index (χ4n) is 2.48. The van der Waals surface area contributed by atoms with E-state index in [0.29, 0.717) is 5.41 Å². The Hall–Kier alpha value is -1.09. The van der Waals surface area contributed by atoms with Gasteiger partial charge >= 0.3 is 0 Å². The van der Waals surface area contributed by atoms with Gasteiger partial charge in [-0.3, -0.25) is 9.88 Å². The first kappa shape index (κ1) is 13.3. The molecule has 0 amide bonds. The van der Waals surface area contributed by atoms with E-state index < -0.39 is 0 Å². The van der Waals surface area contributed by atoms with Gasteiger partial charge in [-0.05, 0) is 56.3 Å². The molecule has 0 atom stereocenters. The molecule has 0 aromatic carbocycles. The molecule has 0 bridgehead atoms. The van der Waals surface area contributed by atoms with Crippen molar-refractivity contribution >= 4 is 5.69 Å². The minimum Gasteiger partial charge on any atom is -0.398 e. The zero-order valence-corrected chi connectivity index (χ0v) is 12.1. The third kappa shape index (κ3) is 2.83. The van der Waals surface area contributed by atoms with Gasteiger partial charge in [0.1, 0.15) is 0 Å². The summed E-state index contributed by atoms with van der Waals surface area (Å²) in [4.78, 5) is 7.04. The maximum Gasteiger partial charge on any atom is 0.0593 e. The van der Waals surface area contributed by atoms with Crippen LogP contribution in [0.3, 0.4) is 0 Å². The number of aryl methyl sites for hydroxylation is 1. The summed E-state index contributed by atoms with van der Waals surface area (Å²) >= 11 is 0. The SMILES string of the molecule is Cc1cnc(CN2CCC(C)(C)CC2)c(C)c1N. The molecule has 0 unspecified atom stereocenters. The molecular weight excluding hydrogens is 222 g/mol. The van der Waals surface area contributed by atoms with E-state index in [0.717, 1.165) is 29.1 Å². The van der Waals surface area contributed by atoms with Crippen molar-refractivity contribution in [2.75, 3.05) is 18.8 Å². The number of pyridine rings is 1. The molecule has 0 aliphatic carbocycles. The molecule has 1 aliphatic rings. The van der Waals surface area contributed by atoms with Gasteiger partial charge in [-0.15, -0.1) is 0 Å². The molecule has 1 aromatic rings. The van der Waals surface area contributed by atoms with Crippen molar-refractivity contribution < 1.29 is 0 Å². The zero-order valence-electron chi connectivity index (χ0n) is 12.1. The van der Waals surface area contributed by atoms with E-state index in [1.54, 1.807) is 0 Å². The molecule has 2 rings (SSSR count). The summed E-state index contributed by atoms with van der Waals surface area (Å²) in [5.41, 5.74) is 10.8. The number of aromatic nitrogens is 1. The normalized spacial score (nSPS) is 20.0. The smallest absolute Gasteiger partial charge is 0.0593 e. The lowest BCUT2D eigenvalue weighted by Crippen LogP contribution is -2.37. The lowest BCUT2D eigenvalue weighted by molar-refractivity contribution is 0.125. The largest absolute Gasteiger partial charge is 0.398 e. The summed E-state index contributed by atoms with van der Waals surface area (Å²) in [6.45, 7) is 12.1. The van der Waals surface area contributed by atoms with Crippen molar-refractivity contribution in [3.63, 3.8) is 0 Å². The van der Waals surface area contributed by atoms with E-state index >= 15 is 0 Å².